The van der Waals surface area contributed by atoms with Gasteiger partial charge in [-0.25, -0.2) is 4.79 Å². The number of aromatic nitrogens is 1. The molecule has 1 N–H and O–H groups in total. The highest BCUT2D eigenvalue weighted by molar-refractivity contribution is 5.87. The average molecular weight is 164 g/mol. The van der Waals surface area contributed by atoms with E-state index in [1.165, 1.54) is 12.1 Å². The van der Waals surface area contributed by atoms with E-state index in [4.69, 9.17) is 10.00 Å². The van der Waals surface area contributed by atoms with E-state index in [2.05, 4.69) is 4.98 Å². The Morgan fingerprint density at radius 2 is 2.50 bits per heavy atom. The van der Waals surface area contributed by atoms with Gasteiger partial charge in [0.05, 0.1) is 6.61 Å². The fourth-order valence-corrected chi connectivity index (χ4v) is 0.788. The van der Waals surface area contributed by atoms with Gasteiger partial charge in [0, 0.05) is 0 Å². The highest BCUT2D eigenvalue weighted by Crippen LogP contribution is 2.01. The Hall–Kier alpha value is -1.76. The molecule has 0 aliphatic rings. The van der Waals surface area contributed by atoms with Gasteiger partial charge in [0.1, 0.15) is 17.5 Å². The van der Waals surface area contributed by atoms with Crippen LogP contribution in [-0.2, 0) is 4.74 Å². The topological polar surface area (TPSA) is 65.9 Å². The molecule has 4 heteroatoms. The lowest BCUT2D eigenvalue weighted by Crippen LogP contribution is -2.04. The first kappa shape index (κ1) is 8.34. The molecule has 0 aliphatic heterocycles. The number of ether oxygens (including phenoxy) is 1. The second-order valence-electron chi connectivity index (χ2n) is 2.12. The van der Waals surface area contributed by atoms with E-state index >= 15 is 0 Å². The van der Waals surface area contributed by atoms with E-state index < -0.39 is 5.97 Å². The van der Waals surface area contributed by atoms with E-state index in [0.717, 1.165) is 0 Å². The Morgan fingerprint density at radius 3 is 3.00 bits per heavy atom. The molecule has 0 saturated heterocycles. The molecule has 0 amide bonds. The summed E-state index contributed by atoms with van der Waals surface area (Å²) in [6.07, 6.45) is 0. The molecule has 1 aromatic heterocycles. The maximum Gasteiger partial charge on any atom is 0.354 e. The zero-order chi connectivity index (χ0) is 8.97. The van der Waals surface area contributed by atoms with Crippen LogP contribution in [0.15, 0.2) is 12.1 Å². The Balaban J connectivity index is 2.76. The highest BCUT2D eigenvalue weighted by atomic mass is 16.5. The van der Waals surface area contributed by atoms with Crippen molar-refractivity contribution in [2.24, 2.45) is 0 Å². The van der Waals surface area contributed by atoms with Crippen LogP contribution in [0, 0.1) is 11.3 Å². The maximum absolute atomic E-state index is 11.0. The van der Waals surface area contributed by atoms with Crippen LogP contribution in [0.4, 0.5) is 0 Å². The first-order chi connectivity index (χ1) is 5.77. The van der Waals surface area contributed by atoms with Crippen LogP contribution < -0.4 is 0 Å². The molecule has 0 aliphatic carbocycles. The van der Waals surface area contributed by atoms with Crippen LogP contribution >= 0.6 is 0 Å². The molecule has 0 atom stereocenters. The molecule has 0 saturated carbocycles. The van der Waals surface area contributed by atoms with Gasteiger partial charge in [-0.15, -0.1) is 0 Å². The molecule has 12 heavy (non-hydrogen) atoms. The molecule has 1 heterocycles. The van der Waals surface area contributed by atoms with Crippen LogP contribution in [0.5, 0.6) is 0 Å². The van der Waals surface area contributed by atoms with E-state index in [0.29, 0.717) is 18.0 Å². The zero-order valence-electron chi connectivity index (χ0n) is 6.63. The summed E-state index contributed by atoms with van der Waals surface area (Å²) >= 11 is 0. The second-order valence-corrected chi connectivity index (χ2v) is 2.12. The number of hydrogen-bond acceptors (Lipinski definition) is 3. The Bertz CT molecular complexity index is 322. The SMILES string of the molecule is CCOC(=O)c1ccc(C#N)[nH]1. The van der Waals surface area contributed by atoms with Crippen LogP contribution in [0.3, 0.4) is 0 Å². The summed E-state index contributed by atoms with van der Waals surface area (Å²) in [7, 11) is 0. The molecule has 62 valence electrons. The lowest BCUT2D eigenvalue weighted by Gasteiger charge is -1.96. The van der Waals surface area contributed by atoms with Gasteiger partial charge in [0.25, 0.3) is 0 Å². The van der Waals surface area contributed by atoms with Crippen molar-refractivity contribution in [3.8, 4) is 6.07 Å². The minimum absolute atomic E-state index is 0.313. The number of nitrogens with one attached hydrogen (secondary N) is 1. The monoisotopic (exact) mass is 164 g/mol. The minimum atomic E-state index is -0.431. The third kappa shape index (κ3) is 1.64. The Kier molecular flexibility index (Phi) is 2.49. The fourth-order valence-electron chi connectivity index (χ4n) is 0.788. The second kappa shape index (κ2) is 3.58. The fraction of sp³-hybridized carbons (Fsp3) is 0.250. The number of nitrogens with zero attached hydrogens (tertiary/aromatic N) is 1. The molecule has 1 rings (SSSR count). The number of H-pyrrole nitrogens is 1. The van der Waals surface area contributed by atoms with Gasteiger partial charge in [-0.3, -0.25) is 0 Å². The molecular formula is C8H8N2O2. The third-order valence-electron chi connectivity index (χ3n) is 1.30. The Morgan fingerprint density at radius 1 is 1.75 bits per heavy atom. The van der Waals surface area contributed by atoms with E-state index in [1.807, 2.05) is 6.07 Å². The number of esters is 1. The quantitative estimate of drug-likeness (QED) is 0.664. The van der Waals surface area contributed by atoms with Crippen LogP contribution in [-0.4, -0.2) is 17.6 Å². The van der Waals surface area contributed by atoms with E-state index in [-0.39, 0.29) is 0 Å². The van der Waals surface area contributed by atoms with Crippen molar-refractivity contribution in [1.29, 1.82) is 5.26 Å². The summed E-state index contributed by atoms with van der Waals surface area (Å²) < 4.78 is 4.71. The van der Waals surface area contributed by atoms with Crippen molar-refractivity contribution in [3.63, 3.8) is 0 Å². The van der Waals surface area contributed by atoms with Crippen LogP contribution in [0.2, 0.25) is 0 Å². The largest absolute Gasteiger partial charge is 0.461 e. The van der Waals surface area contributed by atoms with Gasteiger partial charge in [-0.05, 0) is 19.1 Å². The predicted octanol–water partition coefficient (Wildman–Crippen LogP) is 1.06. The van der Waals surface area contributed by atoms with Gasteiger partial charge >= 0.3 is 5.97 Å². The summed E-state index contributed by atoms with van der Waals surface area (Å²) in [5.74, 6) is -0.431. The summed E-state index contributed by atoms with van der Waals surface area (Å²) in [6.45, 7) is 2.06. The summed E-state index contributed by atoms with van der Waals surface area (Å²) in [4.78, 5) is 13.6. The van der Waals surface area contributed by atoms with Crippen LogP contribution in [0.25, 0.3) is 0 Å². The number of hydrogen-bond donors (Lipinski definition) is 1. The summed E-state index contributed by atoms with van der Waals surface area (Å²) in [5.41, 5.74) is 0.673. The number of carbonyl (C=O) groups is 1. The molecule has 0 bridgehead atoms. The zero-order valence-corrected chi connectivity index (χ0v) is 6.63. The van der Waals surface area contributed by atoms with Crippen molar-refractivity contribution >= 4 is 5.97 Å². The van der Waals surface area contributed by atoms with E-state index in [9.17, 15) is 4.79 Å². The van der Waals surface area contributed by atoms with Crippen molar-refractivity contribution in [2.45, 2.75) is 6.92 Å². The molecule has 0 spiro atoms. The van der Waals surface area contributed by atoms with Gasteiger partial charge < -0.3 is 9.72 Å². The molecule has 0 radical (unpaired) electrons. The minimum Gasteiger partial charge on any atom is -0.461 e. The smallest absolute Gasteiger partial charge is 0.354 e. The van der Waals surface area contributed by atoms with Crippen molar-refractivity contribution in [1.82, 2.24) is 4.98 Å². The molecule has 0 fully saturated rings. The van der Waals surface area contributed by atoms with Crippen molar-refractivity contribution in [3.05, 3.63) is 23.5 Å². The van der Waals surface area contributed by atoms with Gasteiger partial charge in [-0.2, -0.15) is 5.26 Å². The number of nitriles is 1. The third-order valence-corrected chi connectivity index (χ3v) is 1.30. The molecule has 0 aromatic carbocycles. The molecule has 1 aromatic rings. The van der Waals surface area contributed by atoms with Gasteiger partial charge in [-0.1, -0.05) is 0 Å². The first-order valence-corrected chi connectivity index (χ1v) is 3.54. The summed E-state index contributed by atoms with van der Waals surface area (Å²) in [6, 6.07) is 4.94. The van der Waals surface area contributed by atoms with E-state index in [1.54, 1.807) is 6.92 Å². The normalized spacial score (nSPS) is 9.00. The number of rotatable bonds is 2. The number of aromatic amines is 1. The molecular weight excluding hydrogens is 156 g/mol. The van der Waals surface area contributed by atoms with Crippen LogP contribution in [0.1, 0.15) is 23.1 Å². The molecule has 4 nitrogen and oxygen atoms in total. The maximum atomic E-state index is 11.0. The van der Waals surface area contributed by atoms with Crippen molar-refractivity contribution < 1.29 is 9.53 Å². The predicted molar refractivity (Wildman–Crippen MR) is 41.5 cm³/mol. The summed E-state index contributed by atoms with van der Waals surface area (Å²) in [5, 5.41) is 8.43. The average Bonchev–Trinajstić information content (AvgIpc) is 2.52. The Labute approximate surface area is 69.8 Å². The van der Waals surface area contributed by atoms with Gasteiger partial charge in [0.15, 0.2) is 0 Å². The van der Waals surface area contributed by atoms with Gasteiger partial charge in [0.2, 0.25) is 0 Å². The van der Waals surface area contributed by atoms with Crippen molar-refractivity contribution in [2.75, 3.05) is 6.61 Å². The lowest BCUT2D eigenvalue weighted by molar-refractivity contribution is 0.0520. The molecule has 0 unspecified atom stereocenters. The highest BCUT2D eigenvalue weighted by Gasteiger charge is 2.07. The number of carbonyl (C=O) groups excluding carboxylic acids is 1. The lowest BCUT2D eigenvalue weighted by atomic mass is 10.4. The first-order valence-electron chi connectivity index (χ1n) is 3.54. The standard InChI is InChI=1S/C8H8N2O2/c1-2-12-8(11)7-4-3-6(5-9)10-7/h3-4,10H,2H2,1H3.